The lowest BCUT2D eigenvalue weighted by atomic mass is 10.2. The Morgan fingerprint density at radius 3 is 2.10 bits per heavy atom. The Hall–Kier alpha value is -0.540. The van der Waals surface area contributed by atoms with Crippen LogP contribution in [0.2, 0.25) is 0 Å². The van der Waals surface area contributed by atoms with E-state index in [1.807, 2.05) is 31.2 Å². The summed E-state index contributed by atoms with van der Waals surface area (Å²) in [6.45, 7) is 2.04. The molecule has 1 rings (SSSR count). The maximum atomic E-state index is 5.15. The monoisotopic (exact) mass is 202 g/mol. The zero-order valence-electron chi connectivity index (χ0n) is 5.79. The normalized spacial score (nSPS) is 8.20. The van der Waals surface area contributed by atoms with Crippen molar-refractivity contribution >= 4 is 22.7 Å². The van der Waals surface area contributed by atoms with Crippen LogP contribution >= 0.6 is 17.0 Å². The van der Waals surface area contributed by atoms with E-state index in [0.29, 0.717) is 0 Å². The third-order valence-electron chi connectivity index (χ3n) is 1.22. The van der Waals surface area contributed by atoms with Gasteiger partial charge in [0.1, 0.15) is 0 Å². The molecule has 2 nitrogen and oxygen atoms in total. The van der Waals surface area contributed by atoms with Gasteiger partial charge < -0.3 is 5.43 Å². The lowest BCUT2D eigenvalue weighted by Crippen LogP contribution is -2.05. The summed E-state index contributed by atoms with van der Waals surface area (Å²) in [4.78, 5) is 0. The molecule has 0 fully saturated rings. The highest BCUT2D eigenvalue weighted by Crippen LogP contribution is 2.05. The maximum absolute atomic E-state index is 5.15. The van der Waals surface area contributed by atoms with Crippen LogP contribution < -0.4 is 11.3 Å². The maximum Gasteiger partial charge on any atom is 0.0485 e. The van der Waals surface area contributed by atoms with Gasteiger partial charge in [-0.3, -0.25) is 5.84 Å². The highest BCUT2D eigenvalue weighted by Gasteiger charge is 1.84. The van der Waals surface area contributed by atoms with Gasteiger partial charge in [0.2, 0.25) is 0 Å². The average molecular weight is 203 g/mol. The van der Waals surface area contributed by atoms with Gasteiger partial charge in [0.15, 0.2) is 0 Å². The third-order valence-corrected chi connectivity index (χ3v) is 1.22. The summed E-state index contributed by atoms with van der Waals surface area (Å²) in [6.07, 6.45) is 0. The number of hydrazine groups is 1. The lowest BCUT2D eigenvalue weighted by Gasteiger charge is -1.97. The van der Waals surface area contributed by atoms with E-state index in [0.717, 1.165) is 5.69 Å². The quantitative estimate of drug-likeness (QED) is 0.540. The van der Waals surface area contributed by atoms with E-state index >= 15 is 0 Å². The fourth-order valence-electron chi connectivity index (χ4n) is 0.650. The minimum Gasteiger partial charge on any atom is -0.324 e. The largest absolute Gasteiger partial charge is 0.324 e. The number of nitrogens with two attached hydrogens (primary N) is 1. The minimum absolute atomic E-state index is 0. The number of hydrogen-bond donors (Lipinski definition) is 2. The van der Waals surface area contributed by atoms with Crippen LogP contribution in [0.3, 0.4) is 0 Å². The standard InChI is InChI=1S/C7H10N2.BrH/c1-6-2-4-7(9-8)5-3-6;/h2-5,9H,8H2,1H3;1H. The minimum atomic E-state index is 0. The molecule has 0 amide bonds. The molecule has 0 unspecified atom stereocenters. The SMILES string of the molecule is Br.Cc1ccc(NN)cc1. The molecule has 0 atom stereocenters. The molecule has 0 spiro atoms. The van der Waals surface area contributed by atoms with Gasteiger partial charge in [0.05, 0.1) is 0 Å². The van der Waals surface area contributed by atoms with Gasteiger partial charge in [-0.2, -0.15) is 0 Å². The second-order valence-corrected chi connectivity index (χ2v) is 2.01. The summed E-state index contributed by atoms with van der Waals surface area (Å²) < 4.78 is 0. The fraction of sp³-hybridized carbons (Fsp3) is 0.143. The Morgan fingerprint density at radius 2 is 1.70 bits per heavy atom. The van der Waals surface area contributed by atoms with Crippen molar-refractivity contribution in [3.8, 4) is 0 Å². The van der Waals surface area contributed by atoms with E-state index in [9.17, 15) is 0 Å². The predicted molar refractivity (Wildman–Crippen MR) is 49.3 cm³/mol. The molecule has 0 aliphatic carbocycles. The first kappa shape index (κ1) is 9.46. The van der Waals surface area contributed by atoms with E-state index in [1.54, 1.807) is 0 Å². The van der Waals surface area contributed by atoms with E-state index < -0.39 is 0 Å². The number of halogens is 1. The van der Waals surface area contributed by atoms with Gasteiger partial charge in [-0.1, -0.05) is 17.7 Å². The number of nitrogens with one attached hydrogen (secondary N) is 1. The van der Waals surface area contributed by atoms with Gasteiger partial charge >= 0.3 is 0 Å². The molecular formula is C7H11BrN2. The van der Waals surface area contributed by atoms with E-state index in [1.165, 1.54) is 5.56 Å². The molecule has 56 valence electrons. The van der Waals surface area contributed by atoms with Gasteiger partial charge in [0.25, 0.3) is 0 Å². The van der Waals surface area contributed by atoms with Gasteiger partial charge in [0, 0.05) is 5.69 Å². The molecule has 0 saturated carbocycles. The second-order valence-electron chi connectivity index (χ2n) is 2.01. The van der Waals surface area contributed by atoms with Crippen molar-refractivity contribution in [1.82, 2.24) is 0 Å². The number of nitrogen functional groups attached to an aromatic ring is 1. The number of anilines is 1. The van der Waals surface area contributed by atoms with Crippen molar-refractivity contribution in [2.75, 3.05) is 5.43 Å². The van der Waals surface area contributed by atoms with Crippen LogP contribution in [0.15, 0.2) is 24.3 Å². The zero-order valence-corrected chi connectivity index (χ0v) is 7.51. The highest BCUT2D eigenvalue weighted by atomic mass is 79.9. The molecule has 0 bridgehead atoms. The molecule has 10 heavy (non-hydrogen) atoms. The van der Waals surface area contributed by atoms with Crippen LogP contribution in [0.1, 0.15) is 5.56 Å². The predicted octanol–water partition coefficient (Wildman–Crippen LogP) is 1.86. The molecule has 0 radical (unpaired) electrons. The van der Waals surface area contributed by atoms with E-state index in [-0.39, 0.29) is 17.0 Å². The Balaban J connectivity index is 0.000000810. The Bertz CT molecular complexity index is 183. The summed E-state index contributed by atoms with van der Waals surface area (Å²) in [5, 5.41) is 0. The molecule has 3 N–H and O–H groups in total. The molecule has 0 heterocycles. The summed E-state index contributed by atoms with van der Waals surface area (Å²) in [5.74, 6) is 5.15. The smallest absolute Gasteiger partial charge is 0.0485 e. The summed E-state index contributed by atoms with van der Waals surface area (Å²) in [7, 11) is 0. The molecule has 1 aromatic carbocycles. The fourth-order valence-corrected chi connectivity index (χ4v) is 0.650. The topological polar surface area (TPSA) is 38.0 Å². The summed E-state index contributed by atoms with van der Waals surface area (Å²) in [6, 6.07) is 7.90. The van der Waals surface area contributed by atoms with Crippen molar-refractivity contribution in [2.24, 2.45) is 5.84 Å². The second kappa shape index (κ2) is 4.30. The van der Waals surface area contributed by atoms with Crippen LogP contribution in [0.5, 0.6) is 0 Å². The average Bonchev–Trinajstić information content (AvgIpc) is 1.90. The molecule has 0 saturated heterocycles. The van der Waals surface area contributed by atoms with E-state index in [2.05, 4.69) is 5.43 Å². The van der Waals surface area contributed by atoms with Crippen LogP contribution in [-0.4, -0.2) is 0 Å². The summed E-state index contributed by atoms with van der Waals surface area (Å²) >= 11 is 0. The zero-order chi connectivity index (χ0) is 6.69. The van der Waals surface area contributed by atoms with Gasteiger partial charge in [-0.25, -0.2) is 0 Å². The third kappa shape index (κ3) is 2.37. The highest BCUT2D eigenvalue weighted by molar-refractivity contribution is 8.93. The molecular weight excluding hydrogens is 192 g/mol. The molecule has 0 aliphatic heterocycles. The number of aryl methyl sites for hydroxylation is 1. The van der Waals surface area contributed by atoms with E-state index in [4.69, 9.17) is 5.84 Å². The molecule has 1 aromatic rings. The first-order valence-corrected chi connectivity index (χ1v) is 2.86. The summed E-state index contributed by atoms with van der Waals surface area (Å²) in [5.41, 5.74) is 4.74. The van der Waals surface area contributed by atoms with Crippen molar-refractivity contribution in [3.63, 3.8) is 0 Å². The van der Waals surface area contributed by atoms with Gasteiger partial charge in [-0.05, 0) is 19.1 Å². The Kier molecular flexibility index (Phi) is 4.07. The van der Waals surface area contributed by atoms with Crippen LogP contribution in [-0.2, 0) is 0 Å². The van der Waals surface area contributed by atoms with Crippen molar-refractivity contribution in [3.05, 3.63) is 29.8 Å². The first-order chi connectivity index (χ1) is 4.33. The lowest BCUT2D eigenvalue weighted by molar-refractivity contribution is 1.34. The molecule has 0 aromatic heterocycles. The van der Waals surface area contributed by atoms with Gasteiger partial charge in [-0.15, -0.1) is 17.0 Å². The van der Waals surface area contributed by atoms with Crippen molar-refractivity contribution in [2.45, 2.75) is 6.92 Å². The number of hydrogen-bond acceptors (Lipinski definition) is 2. The molecule has 0 aliphatic rings. The van der Waals surface area contributed by atoms with Crippen LogP contribution in [0.4, 0.5) is 5.69 Å². The Morgan fingerprint density at radius 1 is 1.20 bits per heavy atom. The van der Waals surface area contributed by atoms with Crippen molar-refractivity contribution in [1.29, 1.82) is 0 Å². The van der Waals surface area contributed by atoms with Crippen LogP contribution in [0.25, 0.3) is 0 Å². The van der Waals surface area contributed by atoms with Crippen LogP contribution in [0, 0.1) is 6.92 Å². The Labute approximate surface area is 71.2 Å². The van der Waals surface area contributed by atoms with Crippen molar-refractivity contribution < 1.29 is 0 Å². The number of rotatable bonds is 1. The first-order valence-electron chi connectivity index (χ1n) is 2.86. The molecule has 3 heteroatoms. The number of benzene rings is 1.